The summed E-state index contributed by atoms with van der Waals surface area (Å²) in [6.45, 7) is 1.59. The summed E-state index contributed by atoms with van der Waals surface area (Å²) < 4.78 is 0. The molecule has 0 aromatic heterocycles. The fourth-order valence-electron chi connectivity index (χ4n) is 0.813. The Bertz CT molecular complexity index is 126. The van der Waals surface area contributed by atoms with Gasteiger partial charge in [-0.3, -0.25) is 4.79 Å². The summed E-state index contributed by atoms with van der Waals surface area (Å²) in [5, 5.41) is 11.1. The van der Waals surface area contributed by atoms with Crippen LogP contribution < -0.4 is 5.32 Å². The van der Waals surface area contributed by atoms with Gasteiger partial charge in [-0.2, -0.15) is 0 Å². The Balaban J connectivity index is 3.14. The van der Waals surface area contributed by atoms with E-state index in [2.05, 4.69) is 10.2 Å². The Morgan fingerprint density at radius 3 is 2.67 bits per heavy atom. The zero-order valence-electron chi connectivity index (χ0n) is 7.84. The van der Waals surface area contributed by atoms with E-state index in [1.54, 1.807) is 0 Å². The number of hydrogen-bond donors (Lipinski definition) is 2. The van der Waals surface area contributed by atoms with Crippen molar-refractivity contribution in [2.75, 3.05) is 33.8 Å². The molecule has 0 radical (unpaired) electrons. The average Bonchev–Trinajstić information content (AvgIpc) is 1.98. The first-order valence-corrected chi connectivity index (χ1v) is 4.19. The molecule has 0 fully saturated rings. The summed E-state index contributed by atoms with van der Waals surface area (Å²) in [4.78, 5) is 12.9. The molecule has 0 aliphatic heterocycles. The van der Waals surface area contributed by atoms with Gasteiger partial charge in [0.25, 0.3) is 0 Å². The summed E-state index contributed by atoms with van der Waals surface area (Å²) in [5.41, 5.74) is 0. The van der Waals surface area contributed by atoms with Crippen molar-refractivity contribution in [1.29, 1.82) is 0 Å². The van der Waals surface area contributed by atoms with Crippen molar-refractivity contribution in [3.8, 4) is 0 Å². The lowest BCUT2D eigenvalue weighted by molar-refractivity contribution is -0.121. The van der Waals surface area contributed by atoms with Crippen molar-refractivity contribution in [2.45, 2.75) is 12.8 Å². The van der Waals surface area contributed by atoms with Crippen LogP contribution in [0.15, 0.2) is 0 Å². The Kier molecular flexibility index (Phi) is 6.70. The Hall–Kier alpha value is -0.610. The van der Waals surface area contributed by atoms with Gasteiger partial charge in [-0.1, -0.05) is 0 Å². The summed E-state index contributed by atoms with van der Waals surface area (Å²) in [7, 11) is 3.99. The molecule has 4 heteroatoms. The van der Waals surface area contributed by atoms with E-state index in [0.717, 1.165) is 13.0 Å². The van der Waals surface area contributed by atoms with Crippen molar-refractivity contribution in [3.63, 3.8) is 0 Å². The molecule has 72 valence electrons. The predicted octanol–water partition coefficient (Wildman–Crippen LogP) is -0.563. The molecule has 0 aromatic rings. The number of amides is 1. The van der Waals surface area contributed by atoms with E-state index in [-0.39, 0.29) is 18.9 Å². The van der Waals surface area contributed by atoms with Crippen molar-refractivity contribution in [3.05, 3.63) is 0 Å². The molecule has 4 nitrogen and oxygen atoms in total. The molecule has 0 spiro atoms. The second kappa shape index (κ2) is 7.06. The van der Waals surface area contributed by atoms with Gasteiger partial charge in [0, 0.05) is 13.0 Å². The van der Waals surface area contributed by atoms with E-state index in [0.29, 0.717) is 6.54 Å². The maximum absolute atomic E-state index is 10.8. The van der Waals surface area contributed by atoms with Crippen LogP contribution in [-0.4, -0.2) is 49.7 Å². The summed E-state index contributed by atoms with van der Waals surface area (Å²) >= 11 is 0. The first kappa shape index (κ1) is 11.4. The number of nitrogens with one attached hydrogen (secondary N) is 1. The molecule has 0 bridgehead atoms. The molecule has 0 aromatic carbocycles. The van der Waals surface area contributed by atoms with Crippen molar-refractivity contribution in [1.82, 2.24) is 10.2 Å². The van der Waals surface area contributed by atoms with Crippen LogP contribution in [0.1, 0.15) is 12.8 Å². The van der Waals surface area contributed by atoms with E-state index in [1.165, 1.54) is 0 Å². The second-order valence-corrected chi connectivity index (χ2v) is 2.98. The highest BCUT2D eigenvalue weighted by molar-refractivity contribution is 5.75. The standard InChI is InChI=1S/C8H18N2O2/c1-10(2)6-3-5-9-8(12)4-7-11/h11H,3-7H2,1-2H3,(H,9,12). The van der Waals surface area contributed by atoms with Crippen molar-refractivity contribution < 1.29 is 9.90 Å². The lowest BCUT2D eigenvalue weighted by Crippen LogP contribution is -2.27. The smallest absolute Gasteiger partial charge is 0.222 e. The quantitative estimate of drug-likeness (QED) is 0.531. The second-order valence-electron chi connectivity index (χ2n) is 2.98. The predicted molar refractivity (Wildman–Crippen MR) is 47.9 cm³/mol. The Labute approximate surface area is 73.6 Å². The third kappa shape index (κ3) is 7.50. The average molecular weight is 174 g/mol. The van der Waals surface area contributed by atoms with Gasteiger partial charge in [0.15, 0.2) is 0 Å². The highest BCUT2D eigenvalue weighted by atomic mass is 16.3. The maximum Gasteiger partial charge on any atom is 0.222 e. The number of nitrogens with zero attached hydrogens (tertiary/aromatic N) is 1. The molecule has 1 amide bonds. The fourth-order valence-corrected chi connectivity index (χ4v) is 0.813. The molecule has 0 rings (SSSR count). The summed E-state index contributed by atoms with van der Waals surface area (Å²) in [6.07, 6.45) is 1.16. The minimum absolute atomic E-state index is 0.0699. The Morgan fingerprint density at radius 2 is 2.17 bits per heavy atom. The van der Waals surface area contributed by atoms with Crippen LogP contribution in [0.3, 0.4) is 0 Å². The van der Waals surface area contributed by atoms with Gasteiger partial charge in [-0.05, 0) is 27.1 Å². The van der Waals surface area contributed by atoms with Crippen LogP contribution in [0.2, 0.25) is 0 Å². The summed E-state index contributed by atoms with van der Waals surface area (Å²) in [5.74, 6) is -0.0729. The molecular formula is C8H18N2O2. The highest BCUT2D eigenvalue weighted by Gasteiger charge is 1.97. The fraction of sp³-hybridized carbons (Fsp3) is 0.875. The van der Waals surface area contributed by atoms with E-state index in [4.69, 9.17) is 5.11 Å². The van der Waals surface area contributed by atoms with Gasteiger partial charge in [-0.15, -0.1) is 0 Å². The zero-order chi connectivity index (χ0) is 9.40. The molecule has 0 unspecified atom stereocenters. The van der Waals surface area contributed by atoms with Crippen LogP contribution in [0.25, 0.3) is 0 Å². The van der Waals surface area contributed by atoms with E-state index in [9.17, 15) is 4.79 Å². The largest absolute Gasteiger partial charge is 0.396 e. The first-order valence-electron chi connectivity index (χ1n) is 4.19. The molecule has 0 aliphatic carbocycles. The zero-order valence-corrected chi connectivity index (χ0v) is 7.84. The van der Waals surface area contributed by atoms with Crippen molar-refractivity contribution >= 4 is 5.91 Å². The molecule has 0 saturated carbocycles. The number of carbonyl (C=O) groups is 1. The van der Waals surface area contributed by atoms with Gasteiger partial charge in [0.1, 0.15) is 0 Å². The van der Waals surface area contributed by atoms with Gasteiger partial charge in [-0.25, -0.2) is 0 Å². The van der Waals surface area contributed by atoms with Crippen LogP contribution in [0.4, 0.5) is 0 Å². The lowest BCUT2D eigenvalue weighted by Gasteiger charge is -2.09. The number of aliphatic hydroxyl groups is 1. The topological polar surface area (TPSA) is 52.6 Å². The molecule has 12 heavy (non-hydrogen) atoms. The van der Waals surface area contributed by atoms with Crippen LogP contribution in [0, 0.1) is 0 Å². The van der Waals surface area contributed by atoms with Crippen LogP contribution in [0.5, 0.6) is 0 Å². The first-order chi connectivity index (χ1) is 5.66. The minimum Gasteiger partial charge on any atom is -0.396 e. The minimum atomic E-state index is -0.0729. The number of carbonyl (C=O) groups excluding carboxylic acids is 1. The number of aliphatic hydroxyl groups excluding tert-OH is 1. The Morgan fingerprint density at radius 1 is 1.50 bits per heavy atom. The van der Waals surface area contributed by atoms with Crippen LogP contribution in [-0.2, 0) is 4.79 Å². The molecule has 0 atom stereocenters. The molecule has 0 heterocycles. The maximum atomic E-state index is 10.8. The molecule has 0 aliphatic rings. The molecular weight excluding hydrogens is 156 g/mol. The third-order valence-electron chi connectivity index (χ3n) is 1.44. The number of rotatable bonds is 6. The normalized spacial score (nSPS) is 10.3. The van der Waals surface area contributed by atoms with E-state index in [1.807, 2.05) is 14.1 Å². The van der Waals surface area contributed by atoms with Gasteiger partial charge in [0.2, 0.25) is 5.91 Å². The van der Waals surface area contributed by atoms with Crippen LogP contribution >= 0.6 is 0 Å². The van der Waals surface area contributed by atoms with Crippen molar-refractivity contribution in [2.24, 2.45) is 0 Å². The molecule has 2 N–H and O–H groups in total. The molecule has 0 saturated heterocycles. The third-order valence-corrected chi connectivity index (χ3v) is 1.44. The SMILES string of the molecule is CN(C)CCCNC(=O)CCO. The number of hydrogen-bond acceptors (Lipinski definition) is 3. The van der Waals surface area contributed by atoms with E-state index < -0.39 is 0 Å². The van der Waals surface area contributed by atoms with Gasteiger partial charge in [0.05, 0.1) is 6.61 Å². The highest BCUT2D eigenvalue weighted by Crippen LogP contribution is 1.82. The summed E-state index contributed by atoms with van der Waals surface area (Å²) in [6, 6.07) is 0. The van der Waals surface area contributed by atoms with E-state index >= 15 is 0 Å². The monoisotopic (exact) mass is 174 g/mol. The van der Waals surface area contributed by atoms with Gasteiger partial charge < -0.3 is 15.3 Å². The lowest BCUT2D eigenvalue weighted by atomic mass is 10.3. The van der Waals surface area contributed by atoms with Gasteiger partial charge >= 0.3 is 0 Å².